The average Bonchev–Trinajstić information content (AvgIpc) is 3.29. The molecule has 0 radical (unpaired) electrons. The third kappa shape index (κ3) is 4.13. The number of nitrogens with one attached hydrogen (secondary N) is 1. The number of para-hydroxylation sites is 1. The Kier molecular flexibility index (Phi) is 5.34. The van der Waals surface area contributed by atoms with Crippen molar-refractivity contribution in [2.24, 2.45) is 10.8 Å². The number of aromatic amines is 1. The summed E-state index contributed by atoms with van der Waals surface area (Å²) < 4.78 is 43.4. The van der Waals surface area contributed by atoms with Gasteiger partial charge in [-0.3, -0.25) is 14.9 Å². The summed E-state index contributed by atoms with van der Waals surface area (Å²) in [5, 5.41) is 10.7. The van der Waals surface area contributed by atoms with E-state index in [9.17, 15) is 22.8 Å². The molecule has 11 heteroatoms. The zero-order chi connectivity index (χ0) is 20.3. The fourth-order valence-electron chi connectivity index (χ4n) is 2.76. The lowest BCUT2D eigenvalue weighted by atomic mass is 10.1. The first kappa shape index (κ1) is 19.4. The van der Waals surface area contributed by atoms with E-state index >= 15 is 0 Å². The number of rotatable bonds is 6. The highest BCUT2D eigenvalue weighted by atomic mass is 19.4. The number of carbonyl (C=O) groups is 2. The van der Waals surface area contributed by atoms with Gasteiger partial charge in [-0.1, -0.05) is 18.2 Å². The predicted molar refractivity (Wildman–Crippen MR) is 92.2 cm³/mol. The smallest absolute Gasteiger partial charge is 0.433 e. The first-order valence-electron chi connectivity index (χ1n) is 8.25. The Morgan fingerprint density at radius 1 is 1.29 bits per heavy atom. The molecule has 0 aliphatic carbocycles. The van der Waals surface area contributed by atoms with Crippen LogP contribution in [0.25, 0.3) is 0 Å². The molecular weight excluding hydrogens is 379 g/mol. The Balaban J connectivity index is 1.65. The molecule has 2 aromatic rings. The summed E-state index contributed by atoms with van der Waals surface area (Å²) >= 11 is 0. The largest absolute Gasteiger partial charge is 0.461 e. The molecule has 0 fully saturated rings. The zero-order valence-corrected chi connectivity index (χ0v) is 14.4. The monoisotopic (exact) mass is 395 g/mol. The highest BCUT2D eigenvalue weighted by Gasteiger charge is 2.37. The molecule has 28 heavy (non-hydrogen) atoms. The molecule has 1 aromatic carbocycles. The van der Waals surface area contributed by atoms with Crippen LogP contribution in [0.2, 0.25) is 0 Å². The maximum atomic E-state index is 12.8. The SMILES string of the molecule is NC(=O)C1CC(C(=O)OCCc2cn[nH]c2C(F)(F)F)=NN1c1ccccc1. The molecule has 0 spiro atoms. The Hall–Kier alpha value is -3.37. The number of halogens is 3. The summed E-state index contributed by atoms with van der Waals surface area (Å²) in [6.45, 7) is -0.299. The van der Waals surface area contributed by atoms with Gasteiger partial charge in [0.25, 0.3) is 0 Å². The molecule has 8 nitrogen and oxygen atoms in total. The Morgan fingerprint density at radius 2 is 2.00 bits per heavy atom. The average molecular weight is 395 g/mol. The molecule has 0 saturated heterocycles. The highest BCUT2D eigenvalue weighted by Crippen LogP contribution is 2.30. The van der Waals surface area contributed by atoms with Gasteiger partial charge >= 0.3 is 12.1 Å². The number of esters is 1. The Bertz CT molecular complexity index is 895. The van der Waals surface area contributed by atoms with Gasteiger partial charge < -0.3 is 10.5 Å². The minimum absolute atomic E-state index is 0.0316. The van der Waals surface area contributed by atoms with E-state index in [1.807, 2.05) is 5.10 Å². The van der Waals surface area contributed by atoms with Gasteiger partial charge in [0, 0.05) is 18.4 Å². The number of aromatic nitrogens is 2. The third-order valence-corrected chi connectivity index (χ3v) is 4.10. The lowest BCUT2D eigenvalue weighted by Gasteiger charge is -2.20. The molecule has 1 atom stereocenters. The number of hydrogen-bond donors (Lipinski definition) is 2. The predicted octanol–water partition coefficient (Wildman–Crippen LogP) is 1.63. The number of ether oxygens (including phenoxy) is 1. The van der Waals surface area contributed by atoms with Crippen molar-refractivity contribution in [3.8, 4) is 0 Å². The van der Waals surface area contributed by atoms with E-state index in [0.29, 0.717) is 5.69 Å². The first-order chi connectivity index (χ1) is 13.3. The van der Waals surface area contributed by atoms with Gasteiger partial charge in [0.15, 0.2) is 0 Å². The van der Waals surface area contributed by atoms with Gasteiger partial charge in [-0.15, -0.1) is 0 Å². The molecule has 3 N–H and O–H groups in total. The highest BCUT2D eigenvalue weighted by molar-refractivity contribution is 6.38. The van der Waals surface area contributed by atoms with Crippen molar-refractivity contribution >= 4 is 23.3 Å². The normalized spacial score (nSPS) is 16.8. The number of carbonyl (C=O) groups excluding carboxylic acids is 2. The van der Waals surface area contributed by atoms with Crippen molar-refractivity contribution in [2.45, 2.75) is 25.1 Å². The minimum atomic E-state index is -4.57. The molecule has 1 aromatic heterocycles. The molecule has 1 unspecified atom stereocenters. The quantitative estimate of drug-likeness (QED) is 0.722. The summed E-state index contributed by atoms with van der Waals surface area (Å²) in [5.74, 6) is -1.48. The number of alkyl halides is 3. The second-order valence-electron chi connectivity index (χ2n) is 6.00. The van der Waals surface area contributed by atoms with E-state index in [1.165, 1.54) is 5.01 Å². The second-order valence-corrected chi connectivity index (χ2v) is 6.00. The van der Waals surface area contributed by atoms with Gasteiger partial charge in [-0.25, -0.2) is 4.79 Å². The van der Waals surface area contributed by atoms with Crippen LogP contribution in [0.4, 0.5) is 18.9 Å². The zero-order valence-electron chi connectivity index (χ0n) is 14.4. The molecule has 0 bridgehead atoms. The van der Waals surface area contributed by atoms with Crippen molar-refractivity contribution in [1.82, 2.24) is 10.2 Å². The maximum absolute atomic E-state index is 12.8. The van der Waals surface area contributed by atoms with Gasteiger partial charge in [-0.05, 0) is 12.1 Å². The number of hydrogen-bond acceptors (Lipinski definition) is 6. The summed E-state index contributed by atoms with van der Waals surface area (Å²) in [4.78, 5) is 23.9. The first-order valence-corrected chi connectivity index (χ1v) is 8.25. The van der Waals surface area contributed by atoms with Crippen LogP contribution >= 0.6 is 0 Å². The maximum Gasteiger partial charge on any atom is 0.433 e. The summed E-state index contributed by atoms with van der Waals surface area (Å²) in [5.41, 5.74) is 4.83. The molecule has 1 amide bonds. The minimum Gasteiger partial charge on any atom is -0.461 e. The molecule has 148 valence electrons. The lowest BCUT2D eigenvalue weighted by Crippen LogP contribution is -2.39. The number of primary amides is 1. The van der Waals surface area contributed by atoms with E-state index in [4.69, 9.17) is 10.5 Å². The van der Waals surface area contributed by atoms with E-state index in [-0.39, 0.29) is 30.7 Å². The number of anilines is 1. The van der Waals surface area contributed by atoms with Crippen LogP contribution in [0.15, 0.2) is 41.6 Å². The van der Waals surface area contributed by atoms with Gasteiger partial charge in [-0.2, -0.15) is 23.4 Å². The van der Waals surface area contributed by atoms with Crippen LogP contribution in [-0.4, -0.2) is 40.4 Å². The van der Waals surface area contributed by atoms with Gasteiger partial charge in [0.1, 0.15) is 17.4 Å². The molecule has 0 saturated carbocycles. The number of benzene rings is 1. The Morgan fingerprint density at radius 3 is 2.64 bits per heavy atom. The van der Waals surface area contributed by atoms with E-state index in [2.05, 4.69) is 10.2 Å². The molecule has 2 heterocycles. The van der Waals surface area contributed by atoms with Crippen molar-refractivity contribution in [1.29, 1.82) is 0 Å². The van der Waals surface area contributed by atoms with Crippen LogP contribution in [0.1, 0.15) is 17.7 Å². The lowest BCUT2D eigenvalue weighted by molar-refractivity contribution is -0.141. The van der Waals surface area contributed by atoms with E-state index < -0.39 is 29.8 Å². The number of nitrogens with two attached hydrogens (primary N) is 1. The van der Waals surface area contributed by atoms with E-state index in [0.717, 1.165) is 6.20 Å². The van der Waals surface area contributed by atoms with Crippen molar-refractivity contribution in [2.75, 3.05) is 11.6 Å². The molecule has 3 rings (SSSR count). The summed E-state index contributed by atoms with van der Waals surface area (Å²) in [7, 11) is 0. The molecule has 1 aliphatic rings. The molecular formula is C17H16F3N5O3. The summed E-state index contributed by atoms with van der Waals surface area (Å²) in [6.07, 6.45) is -3.77. The van der Waals surface area contributed by atoms with Gasteiger partial charge in [0.05, 0.1) is 18.5 Å². The van der Waals surface area contributed by atoms with Crippen LogP contribution in [0, 0.1) is 0 Å². The van der Waals surface area contributed by atoms with Crippen molar-refractivity contribution in [3.05, 3.63) is 47.8 Å². The van der Waals surface area contributed by atoms with Crippen molar-refractivity contribution < 1.29 is 27.5 Å². The second kappa shape index (κ2) is 7.71. The van der Waals surface area contributed by atoms with Crippen LogP contribution in [-0.2, 0) is 26.9 Å². The number of hydrazone groups is 1. The number of amides is 1. The third-order valence-electron chi connectivity index (χ3n) is 4.10. The van der Waals surface area contributed by atoms with Crippen LogP contribution < -0.4 is 10.7 Å². The number of H-pyrrole nitrogens is 1. The fourth-order valence-corrected chi connectivity index (χ4v) is 2.76. The fraction of sp³-hybridized carbons (Fsp3) is 0.294. The van der Waals surface area contributed by atoms with Crippen LogP contribution in [0.5, 0.6) is 0 Å². The topological polar surface area (TPSA) is 114 Å². The number of nitrogens with zero attached hydrogens (tertiary/aromatic N) is 3. The van der Waals surface area contributed by atoms with Crippen molar-refractivity contribution in [3.63, 3.8) is 0 Å². The van der Waals surface area contributed by atoms with Gasteiger partial charge in [0.2, 0.25) is 5.91 Å². The Labute approximate surface area is 157 Å². The molecule has 1 aliphatic heterocycles. The van der Waals surface area contributed by atoms with E-state index in [1.54, 1.807) is 30.3 Å². The summed E-state index contributed by atoms with van der Waals surface area (Å²) in [6, 6.07) is 7.81. The van der Waals surface area contributed by atoms with Crippen LogP contribution in [0.3, 0.4) is 0 Å². The standard InChI is InChI=1S/C17H16F3N5O3/c18-17(19,20)14-10(9-22-23-14)6-7-28-16(27)12-8-13(15(21)26)25(24-12)11-4-2-1-3-5-11/h1-5,9,13H,6-8H2,(H2,21,26)(H,22,23).